The molecule has 0 saturated carbocycles. The molecule has 1 aliphatic carbocycles. The van der Waals surface area contributed by atoms with Crippen molar-refractivity contribution in [2.24, 2.45) is 5.92 Å². The molecule has 1 atom stereocenters. The Hall–Kier alpha value is -1.21. The second-order valence-electron chi connectivity index (χ2n) is 5.37. The Bertz CT molecular complexity index is 679. The third kappa shape index (κ3) is 3.03. The summed E-state index contributed by atoms with van der Waals surface area (Å²) in [6.07, 6.45) is 5.06. The van der Waals surface area contributed by atoms with Crippen LogP contribution in [0.3, 0.4) is 0 Å². The molecule has 2 aromatic heterocycles. The fourth-order valence-electron chi connectivity index (χ4n) is 2.46. The topological polar surface area (TPSA) is 59.8 Å². The molecule has 7 heteroatoms. The molecule has 0 fully saturated rings. The van der Waals surface area contributed by atoms with Crippen molar-refractivity contribution >= 4 is 38.3 Å². The molecule has 21 heavy (non-hydrogen) atoms. The first-order valence-electron chi connectivity index (χ1n) is 7.09. The van der Waals surface area contributed by atoms with E-state index in [4.69, 9.17) is 0 Å². The molecule has 0 saturated heterocycles. The minimum atomic E-state index is -0.215. The molecule has 0 aromatic carbocycles. The summed E-state index contributed by atoms with van der Waals surface area (Å²) in [6.45, 7) is 4.97. The summed E-state index contributed by atoms with van der Waals surface area (Å²) < 4.78 is 2.44. The molecular weight excluding hydrogens is 352 g/mol. The summed E-state index contributed by atoms with van der Waals surface area (Å²) >= 11 is 4.96. The van der Waals surface area contributed by atoms with E-state index < -0.39 is 0 Å². The minimum absolute atomic E-state index is 0.215. The van der Waals surface area contributed by atoms with Gasteiger partial charge < -0.3 is 0 Å². The summed E-state index contributed by atoms with van der Waals surface area (Å²) in [6, 6.07) is 0. The molecular formula is C14H17BrN4OS. The van der Waals surface area contributed by atoms with E-state index in [0.717, 1.165) is 25.1 Å². The van der Waals surface area contributed by atoms with Crippen LogP contribution < -0.4 is 5.32 Å². The Labute approximate surface area is 135 Å². The molecule has 2 heterocycles. The molecule has 0 bridgehead atoms. The van der Waals surface area contributed by atoms with Gasteiger partial charge in [0, 0.05) is 17.6 Å². The number of aromatic nitrogens is 3. The zero-order valence-electron chi connectivity index (χ0n) is 12.0. The van der Waals surface area contributed by atoms with Gasteiger partial charge >= 0.3 is 0 Å². The number of thiazole rings is 1. The molecule has 112 valence electrons. The molecule has 0 radical (unpaired) electrons. The van der Waals surface area contributed by atoms with Crippen LogP contribution in [0.15, 0.2) is 10.7 Å². The third-order valence-electron chi connectivity index (χ3n) is 3.66. The quantitative estimate of drug-likeness (QED) is 0.901. The first-order chi connectivity index (χ1) is 10.1. The number of hydrogen-bond donors (Lipinski definition) is 1. The van der Waals surface area contributed by atoms with Gasteiger partial charge in [0.1, 0.15) is 0 Å². The number of anilines is 1. The number of fused-ring (bicyclic) bond motifs is 1. The van der Waals surface area contributed by atoms with Crippen LogP contribution in [0.2, 0.25) is 0 Å². The Morgan fingerprint density at radius 3 is 3.14 bits per heavy atom. The fraction of sp³-hybridized carbons (Fsp3) is 0.500. The molecule has 2 aromatic rings. The SMILES string of the molecule is CCn1cc(Br)c(C(=O)Nc2nc3c(s2)CC(C)CC3)n1. The zero-order chi connectivity index (χ0) is 15.0. The largest absolute Gasteiger partial charge is 0.296 e. The van der Waals surface area contributed by atoms with Crippen molar-refractivity contribution in [3.63, 3.8) is 0 Å². The van der Waals surface area contributed by atoms with E-state index in [-0.39, 0.29) is 5.91 Å². The minimum Gasteiger partial charge on any atom is -0.296 e. The molecule has 0 aliphatic heterocycles. The first kappa shape index (κ1) is 14.7. The van der Waals surface area contributed by atoms with Crippen LogP contribution in [0, 0.1) is 5.92 Å². The van der Waals surface area contributed by atoms with Crippen molar-refractivity contribution in [1.82, 2.24) is 14.8 Å². The van der Waals surface area contributed by atoms with E-state index in [0.29, 0.717) is 21.2 Å². The van der Waals surface area contributed by atoms with Crippen LogP contribution >= 0.6 is 27.3 Å². The van der Waals surface area contributed by atoms with Gasteiger partial charge in [-0.05, 0) is 48.0 Å². The highest BCUT2D eigenvalue weighted by molar-refractivity contribution is 9.10. The van der Waals surface area contributed by atoms with Crippen LogP contribution in [0.5, 0.6) is 0 Å². The standard InChI is InChI=1S/C14H17BrN4OS/c1-3-19-7-9(15)12(18-19)13(20)17-14-16-10-5-4-8(2)6-11(10)21-14/h7-8H,3-6H2,1-2H3,(H,16,17,20). The van der Waals surface area contributed by atoms with Crippen LogP contribution in [0.25, 0.3) is 0 Å². The smallest absolute Gasteiger partial charge is 0.279 e. The van der Waals surface area contributed by atoms with Crippen molar-refractivity contribution in [2.75, 3.05) is 5.32 Å². The van der Waals surface area contributed by atoms with Gasteiger partial charge in [0.05, 0.1) is 10.2 Å². The fourth-order valence-corrected chi connectivity index (χ4v) is 4.12. The highest BCUT2D eigenvalue weighted by Gasteiger charge is 2.22. The monoisotopic (exact) mass is 368 g/mol. The van der Waals surface area contributed by atoms with Gasteiger partial charge in [-0.25, -0.2) is 4.98 Å². The number of carbonyl (C=O) groups excluding carboxylic acids is 1. The summed E-state index contributed by atoms with van der Waals surface area (Å²) in [5.74, 6) is 0.490. The van der Waals surface area contributed by atoms with E-state index in [2.05, 4.69) is 38.3 Å². The van der Waals surface area contributed by atoms with Gasteiger partial charge in [-0.15, -0.1) is 11.3 Å². The first-order valence-corrected chi connectivity index (χ1v) is 8.70. The Morgan fingerprint density at radius 2 is 2.43 bits per heavy atom. The molecule has 3 rings (SSSR count). The maximum atomic E-state index is 12.3. The summed E-state index contributed by atoms with van der Waals surface area (Å²) in [7, 11) is 0. The van der Waals surface area contributed by atoms with Crippen LogP contribution in [0.4, 0.5) is 5.13 Å². The van der Waals surface area contributed by atoms with Gasteiger partial charge in [-0.3, -0.25) is 14.8 Å². The Kier molecular flexibility index (Phi) is 4.12. The number of rotatable bonds is 3. The lowest BCUT2D eigenvalue weighted by molar-refractivity contribution is 0.102. The average molecular weight is 369 g/mol. The van der Waals surface area contributed by atoms with E-state index in [1.54, 1.807) is 16.0 Å². The maximum absolute atomic E-state index is 12.3. The van der Waals surface area contributed by atoms with E-state index >= 15 is 0 Å². The van der Waals surface area contributed by atoms with Crippen molar-refractivity contribution in [3.05, 3.63) is 26.9 Å². The summed E-state index contributed by atoms with van der Waals surface area (Å²) in [4.78, 5) is 18.1. The predicted molar refractivity (Wildman–Crippen MR) is 86.9 cm³/mol. The van der Waals surface area contributed by atoms with Crippen molar-refractivity contribution in [2.45, 2.75) is 39.7 Å². The summed E-state index contributed by atoms with van der Waals surface area (Å²) in [5, 5.41) is 7.80. The van der Waals surface area contributed by atoms with Crippen LogP contribution in [-0.4, -0.2) is 20.7 Å². The lowest BCUT2D eigenvalue weighted by Gasteiger charge is -2.15. The second kappa shape index (κ2) is 5.88. The predicted octanol–water partition coefficient (Wildman–Crippen LogP) is 3.50. The third-order valence-corrected chi connectivity index (χ3v) is 5.28. The van der Waals surface area contributed by atoms with Gasteiger partial charge in [-0.2, -0.15) is 5.10 Å². The van der Waals surface area contributed by atoms with Crippen molar-refractivity contribution < 1.29 is 4.79 Å². The lowest BCUT2D eigenvalue weighted by Crippen LogP contribution is -2.14. The number of carbonyl (C=O) groups is 1. The van der Waals surface area contributed by atoms with Crippen molar-refractivity contribution in [3.8, 4) is 0 Å². The van der Waals surface area contributed by atoms with E-state index in [1.807, 2.05) is 13.1 Å². The number of nitrogens with one attached hydrogen (secondary N) is 1. The van der Waals surface area contributed by atoms with Crippen molar-refractivity contribution in [1.29, 1.82) is 0 Å². The van der Waals surface area contributed by atoms with E-state index in [1.165, 1.54) is 11.3 Å². The lowest BCUT2D eigenvalue weighted by atomic mass is 9.93. The van der Waals surface area contributed by atoms with Gasteiger partial charge in [0.2, 0.25) is 0 Å². The molecule has 1 N–H and O–H groups in total. The summed E-state index contributed by atoms with van der Waals surface area (Å²) in [5.41, 5.74) is 1.55. The Morgan fingerprint density at radius 1 is 1.62 bits per heavy atom. The number of aryl methyl sites for hydroxylation is 2. The Balaban J connectivity index is 1.77. The highest BCUT2D eigenvalue weighted by atomic mass is 79.9. The molecule has 1 amide bonds. The molecule has 1 aliphatic rings. The normalized spacial score (nSPS) is 17.6. The van der Waals surface area contributed by atoms with Crippen LogP contribution in [-0.2, 0) is 19.4 Å². The van der Waals surface area contributed by atoms with Gasteiger partial charge in [0.25, 0.3) is 5.91 Å². The number of nitrogens with zero attached hydrogens (tertiary/aromatic N) is 3. The molecule has 0 spiro atoms. The average Bonchev–Trinajstić information content (AvgIpc) is 3.00. The van der Waals surface area contributed by atoms with Gasteiger partial charge in [-0.1, -0.05) is 6.92 Å². The number of amides is 1. The van der Waals surface area contributed by atoms with Gasteiger partial charge in [0.15, 0.2) is 10.8 Å². The maximum Gasteiger partial charge on any atom is 0.279 e. The zero-order valence-corrected chi connectivity index (χ0v) is 14.4. The molecule has 5 nitrogen and oxygen atoms in total. The van der Waals surface area contributed by atoms with E-state index in [9.17, 15) is 4.79 Å². The second-order valence-corrected chi connectivity index (χ2v) is 7.31. The number of halogens is 1. The highest BCUT2D eigenvalue weighted by Crippen LogP contribution is 2.32. The number of hydrogen-bond acceptors (Lipinski definition) is 4. The van der Waals surface area contributed by atoms with Crippen LogP contribution in [0.1, 0.15) is 41.3 Å². The molecule has 1 unspecified atom stereocenters.